The lowest BCUT2D eigenvalue weighted by Gasteiger charge is -2.30. The number of aromatic nitrogens is 2. The van der Waals surface area contributed by atoms with Crippen LogP contribution in [0.25, 0.3) is 72.1 Å². The number of benzene rings is 9. The largest absolute Gasteiger partial charge is 0.457 e. The summed E-state index contributed by atoms with van der Waals surface area (Å²) in [6.07, 6.45) is 3.70. The predicted octanol–water partition coefficient (Wildman–Crippen LogP) is 21.0. The van der Waals surface area contributed by atoms with Crippen molar-refractivity contribution in [2.75, 3.05) is 16.5 Å². The van der Waals surface area contributed by atoms with Crippen molar-refractivity contribution in [3.05, 3.63) is 240 Å². The van der Waals surface area contributed by atoms with Gasteiger partial charge in [-0.25, -0.2) is 9.37 Å². The van der Waals surface area contributed by atoms with Crippen molar-refractivity contribution < 1.29 is 9.13 Å². The van der Waals surface area contributed by atoms with Crippen LogP contribution in [-0.4, -0.2) is 16.2 Å². The van der Waals surface area contributed by atoms with Crippen molar-refractivity contribution in [1.82, 2.24) is 9.55 Å². The first-order valence-corrected chi connectivity index (χ1v) is 29.1. The summed E-state index contributed by atoms with van der Waals surface area (Å²) in [5.41, 5.74) is 21.1. The number of ether oxygens (including phenoxy) is 1. The predicted molar refractivity (Wildman–Crippen MR) is 344 cm³/mol. The Morgan fingerprint density at radius 2 is 1.06 bits per heavy atom. The Morgan fingerprint density at radius 1 is 0.451 bits per heavy atom. The number of para-hydroxylation sites is 3. The third-order valence-corrected chi connectivity index (χ3v) is 16.6. The van der Waals surface area contributed by atoms with E-state index in [0.29, 0.717) is 6.67 Å². The summed E-state index contributed by atoms with van der Waals surface area (Å²) in [7, 11) is 0. The molecule has 3 heterocycles. The Kier molecular flexibility index (Phi) is 13.8. The highest BCUT2D eigenvalue weighted by atomic mass is 19.1. The van der Waals surface area contributed by atoms with Gasteiger partial charge in [0.1, 0.15) is 29.8 Å². The summed E-state index contributed by atoms with van der Waals surface area (Å²) in [6.45, 7) is 25.5. The summed E-state index contributed by atoms with van der Waals surface area (Å²) in [5.74, 6) is 2.07. The zero-order valence-corrected chi connectivity index (χ0v) is 49.3. The van der Waals surface area contributed by atoms with Gasteiger partial charge in [0.05, 0.1) is 28.1 Å². The summed E-state index contributed by atoms with van der Waals surface area (Å²) >= 11 is 0. The van der Waals surface area contributed by atoms with E-state index in [4.69, 9.17) is 9.72 Å². The molecule has 0 spiro atoms. The average molecular weight is 1080 g/mol. The number of rotatable bonds is 11. The number of hydrogen-bond donors (Lipinski definition) is 0. The lowest BCUT2D eigenvalue weighted by Crippen LogP contribution is -2.25. The van der Waals surface area contributed by atoms with Crippen LogP contribution >= 0.6 is 0 Å². The van der Waals surface area contributed by atoms with E-state index in [1.807, 2.05) is 18.3 Å². The van der Waals surface area contributed by atoms with Gasteiger partial charge in [0.15, 0.2) is 0 Å². The van der Waals surface area contributed by atoms with E-state index in [9.17, 15) is 0 Å². The Balaban J connectivity index is 1.07. The van der Waals surface area contributed by atoms with Crippen LogP contribution in [0.1, 0.15) is 104 Å². The fraction of sp³-hybridized carbons (Fsp3) is 0.224. The van der Waals surface area contributed by atoms with Gasteiger partial charge in [-0.2, -0.15) is 0 Å². The molecule has 0 saturated heterocycles. The topological polar surface area (TPSA) is 33.5 Å². The van der Waals surface area contributed by atoms with Crippen molar-refractivity contribution in [3.63, 3.8) is 0 Å². The van der Waals surface area contributed by atoms with Crippen molar-refractivity contribution >= 4 is 44.6 Å². The van der Waals surface area contributed by atoms with Gasteiger partial charge in [-0.1, -0.05) is 185 Å². The third-order valence-electron chi connectivity index (χ3n) is 16.6. The highest BCUT2D eigenvalue weighted by molar-refractivity contribution is 6.09. The smallest absolute Gasteiger partial charge is 0.137 e. The van der Waals surface area contributed by atoms with Crippen LogP contribution < -0.4 is 14.5 Å². The van der Waals surface area contributed by atoms with E-state index in [-0.39, 0.29) is 22.1 Å². The third kappa shape index (κ3) is 10.1. The maximum absolute atomic E-state index is 15.1. The molecule has 0 fully saturated rings. The van der Waals surface area contributed by atoms with E-state index in [1.54, 1.807) is 12.1 Å². The second-order valence-electron chi connectivity index (χ2n) is 25.2. The number of fused-ring (bicyclic) bond motifs is 4. The standard InChI is InChI=1S/C76H73FN4O/c1-12-49-24-21-25-50(13-2)72(49)55-40-60(46-62(41-55)82-61-34-35-64-63-26-17-18-27-67(63)81(70(64)47-61)71-45-56(36-37-78-71)74(3,4)5)79-48-80(69-29-20-19-28-68(69)79)73-65(52-30-32-59(77)33-31-52)42-53(51-22-15-14-16-23-51)43-66(73)54-38-57(75(6,7)8)44-58(39-54)76(9,10)11/h14-47H,12-13,48H2,1-11H3. The van der Waals surface area contributed by atoms with E-state index in [2.05, 4.69) is 266 Å². The lowest BCUT2D eigenvalue weighted by molar-refractivity contribution is 0.483. The minimum atomic E-state index is -0.269. The Labute approximate surface area is 484 Å². The fourth-order valence-electron chi connectivity index (χ4n) is 12.0. The Bertz CT molecular complexity index is 4150. The molecular formula is C76H73FN4O. The van der Waals surface area contributed by atoms with Crippen LogP contribution in [0.15, 0.2) is 206 Å². The van der Waals surface area contributed by atoms with Crippen molar-refractivity contribution in [2.24, 2.45) is 0 Å². The average Bonchev–Trinajstić information content (AvgIpc) is 3.05. The zero-order valence-electron chi connectivity index (χ0n) is 49.3. The molecule has 0 N–H and O–H groups in total. The molecular weight excluding hydrogens is 1000 g/mol. The van der Waals surface area contributed by atoms with Gasteiger partial charge in [-0.05, 0) is 169 Å². The van der Waals surface area contributed by atoms with Crippen LogP contribution in [-0.2, 0) is 29.1 Å². The quantitative estimate of drug-likeness (QED) is 0.129. The summed E-state index contributed by atoms with van der Waals surface area (Å²) in [5, 5.41) is 2.29. The Hall–Kier alpha value is -8.74. The van der Waals surface area contributed by atoms with E-state index < -0.39 is 0 Å². The summed E-state index contributed by atoms with van der Waals surface area (Å²) in [6, 6.07) is 71.2. The molecule has 9 aromatic carbocycles. The van der Waals surface area contributed by atoms with Crippen molar-refractivity contribution in [3.8, 4) is 61.8 Å². The first kappa shape index (κ1) is 53.9. The van der Waals surface area contributed by atoms with Crippen molar-refractivity contribution in [2.45, 2.75) is 105 Å². The van der Waals surface area contributed by atoms with Crippen LogP contribution in [0, 0.1) is 5.82 Å². The maximum atomic E-state index is 15.1. The number of pyridine rings is 1. The molecule has 0 aliphatic carbocycles. The normalized spacial score (nSPS) is 12.9. The highest BCUT2D eigenvalue weighted by Gasteiger charge is 2.34. The second kappa shape index (κ2) is 21.0. The van der Waals surface area contributed by atoms with Crippen molar-refractivity contribution in [1.29, 1.82) is 0 Å². The second-order valence-corrected chi connectivity index (χ2v) is 25.2. The molecule has 0 radical (unpaired) electrons. The molecule has 0 amide bonds. The van der Waals surface area contributed by atoms with Gasteiger partial charge in [0.2, 0.25) is 0 Å². The van der Waals surface area contributed by atoms with Gasteiger partial charge < -0.3 is 14.5 Å². The van der Waals surface area contributed by atoms with Crippen LogP contribution in [0.5, 0.6) is 11.5 Å². The molecule has 410 valence electrons. The fourth-order valence-corrected chi connectivity index (χ4v) is 12.0. The molecule has 1 aliphatic rings. The monoisotopic (exact) mass is 1080 g/mol. The van der Waals surface area contributed by atoms with E-state index in [1.165, 1.54) is 33.4 Å². The molecule has 11 aromatic rings. The van der Waals surface area contributed by atoms with Crippen LogP contribution in [0.4, 0.5) is 27.1 Å². The number of anilines is 4. The number of nitrogens with zero attached hydrogens (tertiary/aromatic N) is 4. The van der Waals surface area contributed by atoms with Gasteiger partial charge >= 0.3 is 0 Å². The molecule has 1 aliphatic heterocycles. The van der Waals surface area contributed by atoms with E-state index in [0.717, 1.165) is 114 Å². The lowest BCUT2D eigenvalue weighted by atomic mass is 9.78. The van der Waals surface area contributed by atoms with Gasteiger partial charge in [0.25, 0.3) is 0 Å². The molecule has 0 atom stereocenters. The molecule has 5 nitrogen and oxygen atoms in total. The SMILES string of the molecule is CCc1cccc(CC)c1-c1cc(Oc2ccc3c4ccccc4n(-c4cc(C(C)(C)C)ccn4)c3c2)cc(N2CN(c3c(-c4ccc(F)cc4)cc(-c4ccccc4)cc3-c3cc(C(C)(C)C)cc(C(C)(C)C)c3)c3ccccc32)c1. The van der Waals surface area contributed by atoms with Gasteiger partial charge in [-0.15, -0.1) is 0 Å². The molecule has 82 heavy (non-hydrogen) atoms. The number of hydrogen-bond acceptors (Lipinski definition) is 4. The van der Waals surface area contributed by atoms with Crippen LogP contribution in [0.2, 0.25) is 0 Å². The minimum absolute atomic E-state index is 0.0528. The van der Waals surface area contributed by atoms with Gasteiger partial charge in [-0.3, -0.25) is 4.57 Å². The maximum Gasteiger partial charge on any atom is 0.137 e. The number of aryl methyl sites for hydroxylation is 2. The first-order valence-electron chi connectivity index (χ1n) is 29.1. The molecule has 0 bridgehead atoms. The molecule has 6 heteroatoms. The first-order chi connectivity index (χ1) is 39.3. The molecule has 2 aromatic heterocycles. The molecule has 0 unspecified atom stereocenters. The van der Waals surface area contributed by atoms with E-state index >= 15 is 4.39 Å². The summed E-state index contributed by atoms with van der Waals surface area (Å²) < 4.78 is 24.6. The minimum Gasteiger partial charge on any atom is -0.457 e. The van der Waals surface area contributed by atoms with Crippen LogP contribution in [0.3, 0.4) is 0 Å². The molecule has 12 rings (SSSR count). The highest BCUT2D eigenvalue weighted by Crippen LogP contribution is 2.53. The molecule has 0 saturated carbocycles. The zero-order chi connectivity index (χ0) is 57.2. The summed E-state index contributed by atoms with van der Waals surface area (Å²) in [4.78, 5) is 9.91. The Morgan fingerprint density at radius 3 is 1.72 bits per heavy atom. The van der Waals surface area contributed by atoms with Gasteiger partial charge in [0, 0.05) is 45.9 Å². The number of halogens is 1.